The molecule has 1 N–H and O–H groups in total. The van der Waals surface area contributed by atoms with E-state index in [0.717, 1.165) is 25.7 Å². The lowest BCUT2D eigenvalue weighted by molar-refractivity contribution is -0.126. The summed E-state index contributed by atoms with van der Waals surface area (Å²) in [7, 11) is 1.63. The Morgan fingerprint density at radius 3 is 2.30 bits per heavy atom. The minimum atomic E-state index is -0.0804. The van der Waals surface area contributed by atoms with Gasteiger partial charge in [0.2, 0.25) is 0 Å². The summed E-state index contributed by atoms with van der Waals surface area (Å²) >= 11 is 0. The molecule has 1 fully saturated rings. The number of nitrogens with one attached hydrogen (secondary N) is 1. The second kappa shape index (κ2) is 11.2. The lowest BCUT2D eigenvalue weighted by Crippen LogP contribution is -2.27. The quantitative estimate of drug-likeness (QED) is 0.635. The molecule has 5 heteroatoms. The molecule has 1 amide bonds. The lowest BCUT2D eigenvalue weighted by Gasteiger charge is -2.29. The van der Waals surface area contributed by atoms with Gasteiger partial charge in [-0.15, -0.1) is 0 Å². The first-order valence-corrected chi connectivity index (χ1v) is 10.0. The van der Waals surface area contributed by atoms with E-state index in [1.54, 1.807) is 7.11 Å². The fraction of sp³-hybridized carbons (Fsp3) is 0.636. The monoisotopic (exact) mass is 375 g/mol. The molecular weight excluding hydrogens is 342 g/mol. The summed E-state index contributed by atoms with van der Waals surface area (Å²) in [6.07, 6.45) is 4.06. The fourth-order valence-electron chi connectivity index (χ4n) is 3.67. The van der Waals surface area contributed by atoms with Crippen molar-refractivity contribution in [1.29, 1.82) is 0 Å². The summed E-state index contributed by atoms with van der Waals surface area (Å²) in [5, 5.41) is 2.86. The van der Waals surface area contributed by atoms with Crippen LogP contribution in [0.2, 0.25) is 0 Å². The predicted molar refractivity (Wildman–Crippen MR) is 106 cm³/mol. The van der Waals surface area contributed by atoms with Gasteiger partial charge in [-0.05, 0) is 49.3 Å². The Kier molecular flexibility index (Phi) is 8.95. The molecule has 0 spiro atoms. The van der Waals surface area contributed by atoms with Gasteiger partial charge in [0.1, 0.15) is 5.78 Å². The van der Waals surface area contributed by atoms with Gasteiger partial charge in [0.15, 0.2) is 0 Å². The molecule has 0 radical (unpaired) electrons. The van der Waals surface area contributed by atoms with Crippen LogP contribution in [0.25, 0.3) is 0 Å². The van der Waals surface area contributed by atoms with Crippen molar-refractivity contribution in [3.8, 4) is 0 Å². The second-order valence-corrected chi connectivity index (χ2v) is 7.59. The average molecular weight is 376 g/mol. The van der Waals surface area contributed by atoms with E-state index >= 15 is 0 Å². The first-order valence-electron chi connectivity index (χ1n) is 10.0. The molecule has 0 heterocycles. The van der Waals surface area contributed by atoms with Crippen LogP contribution in [0.3, 0.4) is 0 Å². The number of carbonyl (C=O) groups excluding carboxylic acids is 2. The molecule has 27 heavy (non-hydrogen) atoms. The Hall–Kier alpha value is -1.72. The van der Waals surface area contributed by atoms with Gasteiger partial charge in [0.25, 0.3) is 5.91 Å². The Balaban J connectivity index is 1.76. The number of methoxy groups -OCH3 is 1. The molecular formula is C22H33NO4. The van der Waals surface area contributed by atoms with Crippen molar-refractivity contribution in [2.75, 3.05) is 33.5 Å². The average Bonchev–Trinajstić information content (AvgIpc) is 2.70. The molecule has 1 aromatic carbocycles. The first kappa shape index (κ1) is 21.6. The highest BCUT2D eigenvalue weighted by Gasteiger charge is 2.28. The molecule has 1 aliphatic rings. The number of Topliss-reactive ketones (excluding diaryl/α,β-unsaturated/α-hetero) is 1. The zero-order valence-electron chi connectivity index (χ0n) is 16.8. The number of hydrogen-bond acceptors (Lipinski definition) is 4. The molecule has 1 aliphatic carbocycles. The third-order valence-corrected chi connectivity index (χ3v) is 5.31. The van der Waals surface area contributed by atoms with Crippen LogP contribution in [0.5, 0.6) is 0 Å². The Morgan fingerprint density at radius 1 is 1.04 bits per heavy atom. The van der Waals surface area contributed by atoms with Crippen molar-refractivity contribution < 1.29 is 19.1 Å². The number of carbonyl (C=O) groups is 2. The molecule has 2 rings (SSSR count). The third-order valence-electron chi connectivity index (χ3n) is 5.31. The highest BCUT2D eigenvalue weighted by molar-refractivity contribution is 5.94. The Bertz CT molecular complexity index is 589. The first-order chi connectivity index (χ1) is 13.0. The molecule has 0 unspecified atom stereocenters. The maximum atomic E-state index is 12.2. The van der Waals surface area contributed by atoms with E-state index in [1.807, 2.05) is 26.0 Å². The topological polar surface area (TPSA) is 64.6 Å². The van der Waals surface area contributed by atoms with Gasteiger partial charge in [0, 0.05) is 31.1 Å². The standard InChI is InChI=1S/C22H33NO4/c1-16(2)21(24)19-8-4-17(5-9-19)18-6-10-20(11-7-18)22(25)23-12-13-27-15-14-26-3/h6-7,10-11,16-17,19H,4-5,8-9,12-15H2,1-3H3,(H,23,25). The maximum absolute atomic E-state index is 12.2. The largest absolute Gasteiger partial charge is 0.382 e. The molecule has 0 atom stereocenters. The summed E-state index contributed by atoms with van der Waals surface area (Å²) in [6.45, 7) is 6.03. The van der Waals surface area contributed by atoms with Crippen molar-refractivity contribution >= 4 is 11.7 Å². The lowest BCUT2D eigenvalue weighted by atomic mass is 9.75. The fourth-order valence-corrected chi connectivity index (χ4v) is 3.67. The van der Waals surface area contributed by atoms with Gasteiger partial charge in [-0.1, -0.05) is 26.0 Å². The van der Waals surface area contributed by atoms with E-state index in [0.29, 0.717) is 43.6 Å². The van der Waals surface area contributed by atoms with Crippen LogP contribution < -0.4 is 5.32 Å². The van der Waals surface area contributed by atoms with E-state index in [9.17, 15) is 9.59 Å². The van der Waals surface area contributed by atoms with Crippen LogP contribution in [-0.4, -0.2) is 45.2 Å². The van der Waals surface area contributed by atoms with E-state index in [2.05, 4.69) is 17.4 Å². The molecule has 0 aromatic heterocycles. The summed E-state index contributed by atoms with van der Waals surface area (Å²) < 4.78 is 10.2. The second-order valence-electron chi connectivity index (χ2n) is 7.59. The highest BCUT2D eigenvalue weighted by atomic mass is 16.5. The van der Waals surface area contributed by atoms with Gasteiger partial charge < -0.3 is 14.8 Å². The summed E-state index contributed by atoms with van der Waals surface area (Å²) in [5.74, 6) is 1.19. The molecule has 0 aliphatic heterocycles. The zero-order chi connectivity index (χ0) is 19.6. The molecule has 150 valence electrons. The number of rotatable bonds is 10. The number of hydrogen-bond donors (Lipinski definition) is 1. The van der Waals surface area contributed by atoms with Crippen molar-refractivity contribution in [3.63, 3.8) is 0 Å². The summed E-state index contributed by atoms with van der Waals surface area (Å²) in [4.78, 5) is 24.3. The van der Waals surface area contributed by atoms with Gasteiger partial charge in [-0.25, -0.2) is 0 Å². The Morgan fingerprint density at radius 2 is 1.70 bits per heavy atom. The van der Waals surface area contributed by atoms with E-state index < -0.39 is 0 Å². The predicted octanol–water partition coefficient (Wildman–Crippen LogP) is 3.58. The van der Waals surface area contributed by atoms with Crippen LogP contribution >= 0.6 is 0 Å². The summed E-state index contributed by atoms with van der Waals surface area (Å²) in [5.41, 5.74) is 1.93. The van der Waals surface area contributed by atoms with Crippen LogP contribution in [0.15, 0.2) is 24.3 Å². The highest BCUT2D eigenvalue weighted by Crippen LogP contribution is 2.37. The number of ketones is 1. The van der Waals surface area contributed by atoms with Crippen molar-refractivity contribution in [2.45, 2.75) is 45.4 Å². The minimum Gasteiger partial charge on any atom is -0.382 e. The van der Waals surface area contributed by atoms with Gasteiger partial charge in [-0.2, -0.15) is 0 Å². The summed E-state index contributed by atoms with van der Waals surface area (Å²) in [6, 6.07) is 7.89. The third kappa shape index (κ3) is 6.74. The molecule has 0 bridgehead atoms. The van der Waals surface area contributed by atoms with Crippen molar-refractivity contribution in [3.05, 3.63) is 35.4 Å². The number of ether oxygens (including phenoxy) is 2. The van der Waals surface area contributed by atoms with Crippen LogP contribution in [0, 0.1) is 11.8 Å². The smallest absolute Gasteiger partial charge is 0.251 e. The molecule has 1 aromatic rings. The molecule has 1 saturated carbocycles. The minimum absolute atomic E-state index is 0.0804. The van der Waals surface area contributed by atoms with Gasteiger partial charge >= 0.3 is 0 Å². The van der Waals surface area contributed by atoms with E-state index in [4.69, 9.17) is 9.47 Å². The van der Waals surface area contributed by atoms with Crippen LogP contribution in [-0.2, 0) is 14.3 Å². The van der Waals surface area contributed by atoms with E-state index in [-0.39, 0.29) is 17.7 Å². The normalized spacial score (nSPS) is 19.9. The number of amides is 1. The van der Waals surface area contributed by atoms with Crippen LogP contribution in [0.4, 0.5) is 0 Å². The molecule has 5 nitrogen and oxygen atoms in total. The van der Waals surface area contributed by atoms with Gasteiger partial charge in [0.05, 0.1) is 19.8 Å². The van der Waals surface area contributed by atoms with Crippen LogP contribution in [0.1, 0.15) is 61.4 Å². The van der Waals surface area contributed by atoms with Crippen molar-refractivity contribution in [2.24, 2.45) is 11.8 Å². The number of benzene rings is 1. The van der Waals surface area contributed by atoms with Gasteiger partial charge in [-0.3, -0.25) is 9.59 Å². The Labute approximate surface area is 162 Å². The maximum Gasteiger partial charge on any atom is 0.251 e. The SMILES string of the molecule is COCCOCCNC(=O)c1ccc(C2CCC(C(=O)C(C)C)CC2)cc1. The zero-order valence-corrected chi connectivity index (χ0v) is 16.8. The molecule has 0 saturated heterocycles. The van der Waals surface area contributed by atoms with E-state index in [1.165, 1.54) is 5.56 Å². The van der Waals surface area contributed by atoms with Crippen molar-refractivity contribution in [1.82, 2.24) is 5.32 Å².